The lowest BCUT2D eigenvalue weighted by Crippen LogP contribution is -2.15. The average molecular weight is 244 g/mol. The monoisotopic (exact) mass is 244 g/mol. The number of aliphatic hydroxyl groups is 1. The van der Waals surface area contributed by atoms with Crippen LogP contribution in [0.4, 0.5) is 0 Å². The summed E-state index contributed by atoms with van der Waals surface area (Å²) in [5, 5.41) is 12.0. The first-order valence-electron chi connectivity index (χ1n) is 5.98. The molecule has 0 aliphatic heterocycles. The molecule has 2 aromatic carbocycles. The van der Waals surface area contributed by atoms with Crippen molar-refractivity contribution in [1.82, 2.24) is 0 Å². The van der Waals surface area contributed by atoms with Crippen molar-refractivity contribution in [1.29, 1.82) is 0 Å². The third-order valence-electron chi connectivity index (χ3n) is 2.98. The SMILES string of the molecule is CCOC(=O)[C@H](O)c1ccc(C)c2ccccc12. The largest absolute Gasteiger partial charge is 0.464 e. The van der Waals surface area contributed by atoms with Crippen molar-refractivity contribution >= 4 is 16.7 Å². The molecule has 94 valence electrons. The molecule has 0 amide bonds. The zero-order chi connectivity index (χ0) is 13.1. The van der Waals surface area contributed by atoms with Crippen LogP contribution in [0, 0.1) is 6.92 Å². The second-order valence-electron chi connectivity index (χ2n) is 4.17. The number of aryl methyl sites for hydroxylation is 1. The number of carbonyl (C=O) groups is 1. The molecule has 0 radical (unpaired) electrons. The molecule has 3 heteroatoms. The average Bonchev–Trinajstić information content (AvgIpc) is 2.39. The maximum absolute atomic E-state index is 11.6. The highest BCUT2D eigenvalue weighted by Crippen LogP contribution is 2.27. The molecular formula is C15H16O3. The molecule has 0 aromatic heterocycles. The summed E-state index contributed by atoms with van der Waals surface area (Å²) < 4.78 is 4.85. The van der Waals surface area contributed by atoms with E-state index in [-0.39, 0.29) is 6.61 Å². The fourth-order valence-electron chi connectivity index (χ4n) is 2.06. The summed E-state index contributed by atoms with van der Waals surface area (Å²) in [5.74, 6) is -0.605. The number of benzene rings is 2. The predicted molar refractivity (Wildman–Crippen MR) is 70.3 cm³/mol. The Hall–Kier alpha value is -1.87. The molecular weight excluding hydrogens is 228 g/mol. The number of hydrogen-bond donors (Lipinski definition) is 1. The number of ether oxygens (including phenoxy) is 1. The van der Waals surface area contributed by atoms with Crippen molar-refractivity contribution in [3.05, 3.63) is 47.5 Å². The maximum Gasteiger partial charge on any atom is 0.339 e. The van der Waals surface area contributed by atoms with Gasteiger partial charge in [-0.1, -0.05) is 36.4 Å². The summed E-state index contributed by atoms with van der Waals surface area (Å²) >= 11 is 0. The number of esters is 1. The van der Waals surface area contributed by atoms with Crippen molar-refractivity contribution in [2.75, 3.05) is 6.61 Å². The Balaban J connectivity index is 2.51. The van der Waals surface area contributed by atoms with Gasteiger partial charge in [-0.3, -0.25) is 0 Å². The van der Waals surface area contributed by atoms with Gasteiger partial charge in [-0.15, -0.1) is 0 Å². The van der Waals surface area contributed by atoms with Crippen LogP contribution in [-0.4, -0.2) is 17.7 Å². The molecule has 0 bridgehead atoms. The van der Waals surface area contributed by atoms with E-state index in [9.17, 15) is 9.90 Å². The fraction of sp³-hybridized carbons (Fsp3) is 0.267. The van der Waals surface area contributed by atoms with Crippen LogP contribution in [0.5, 0.6) is 0 Å². The molecule has 0 aliphatic rings. The lowest BCUT2D eigenvalue weighted by molar-refractivity contribution is -0.153. The van der Waals surface area contributed by atoms with Gasteiger partial charge in [0.25, 0.3) is 0 Å². The Labute approximate surface area is 106 Å². The van der Waals surface area contributed by atoms with Crippen LogP contribution in [0.3, 0.4) is 0 Å². The van der Waals surface area contributed by atoms with E-state index in [1.54, 1.807) is 13.0 Å². The second-order valence-corrected chi connectivity index (χ2v) is 4.17. The van der Waals surface area contributed by atoms with Crippen molar-refractivity contribution in [2.45, 2.75) is 20.0 Å². The van der Waals surface area contributed by atoms with Gasteiger partial charge in [-0.2, -0.15) is 0 Å². The lowest BCUT2D eigenvalue weighted by Gasteiger charge is -2.13. The highest BCUT2D eigenvalue weighted by Gasteiger charge is 2.20. The molecule has 2 rings (SSSR count). The minimum absolute atomic E-state index is 0.264. The first-order valence-corrected chi connectivity index (χ1v) is 5.98. The van der Waals surface area contributed by atoms with Gasteiger partial charge in [0.15, 0.2) is 6.10 Å². The van der Waals surface area contributed by atoms with E-state index >= 15 is 0 Å². The Morgan fingerprint density at radius 3 is 2.56 bits per heavy atom. The zero-order valence-corrected chi connectivity index (χ0v) is 10.5. The topological polar surface area (TPSA) is 46.5 Å². The van der Waals surface area contributed by atoms with E-state index < -0.39 is 12.1 Å². The summed E-state index contributed by atoms with van der Waals surface area (Å²) in [7, 11) is 0. The van der Waals surface area contributed by atoms with E-state index in [1.807, 2.05) is 37.3 Å². The molecule has 0 heterocycles. The quantitative estimate of drug-likeness (QED) is 0.844. The zero-order valence-electron chi connectivity index (χ0n) is 10.5. The molecule has 0 fully saturated rings. The van der Waals surface area contributed by atoms with Crippen LogP contribution >= 0.6 is 0 Å². The van der Waals surface area contributed by atoms with E-state index in [0.717, 1.165) is 16.3 Å². The van der Waals surface area contributed by atoms with Crippen molar-refractivity contribution in [3.8, 4) is 0 Å². The van der Waals surface area contributed by atoms with Crippen LogP contribution in [0.2, 0.25) is 0 Å². The van der Waals surface area contributed by atoms with Gasteiger partial charge in [0.05, 0.1) is 6.61 Å². The minimum Gasteiger partial charge on any atom is -0.464 e. The molecule has 2 aromatic rings. The lowest BCUT2D eigenvalue weighted by atomic mass is 9.97. The normalized spacial score (nSPS) is 12.4. The van der Waals surface area contributed by atoms with E-state index in [2.05, 4.69) is 0 Å². The number of aliphatic hydroxyl groups excluding tert-OH is 1. The summed E-state index contributed by atoms with van der Waals surface area (Å²) in [4.78, 5) is 11.6. The standard InChI is InChI=1S/C15H16O3/c1-3-18-15(17)14(16)13-9-8-10(2)11-6-4-5-7-12(11)13/h4-9,14,16H,3H2,1-2H3/t14-/m1/s1. The predicted octanol–water partition coefficient (Wildman–Crippen LogP) is 2.74. The fourth-order valence-corrected chi connectivity index (χ4v) is 2.06. The molecule has 0 saturated heterocycles. The third kappa shape index (κ3) is 2.22. The van der Waals surface area contributed by atoms with E-state index in [1.165, 1.54) is 0 Å². The highest BCUT2D eigenvalue weighted by atomic mass is 16.5. The summed E-state index contributed by atoms with van der Waals surface area (Å²) in [5.41, 5.74) is 1.71. The number of hydrogen-bond acceptors (Lipinski definition) is 3. The van der Waals surface area contributed by atoms with Crippen LogP contribution < -0.4 is 0 Å². The van der Waals surface area contributed by atoms with Crippen LogP contribution in [0.15, 0.2) is 36.4 Å². The second kappa shape index (κ2) is 5.19. The van der Waals surface area contributed by atoms with Crippen LogP contribution in [0.25, 0.3) is 10.8 Å². The number of rotatable bonds is 3. The van der Waals surface area contributed by atoms with Gasteiger partial charge in [0.2, 0.25) is 0 Å². The minimum atomic E-state index is -1.23. The van der Waals surface area contributed by atoms with Gasteiger partial charge >= 0.3 is 5.97 Å². The molecule has 3 nitrogen and oxygen atoms in total. The Morgan fingerprint density at radius 2 is 1.89 bits per heavy atom. The summed E-state index contributed by atoms with van der Waals surface area (Å²) in [6.45, 7) is 3.99. The van der Waals surface area contributed by atoms with Gasteiger partial charge in [-0.25, -0.2) is 4.79 Å². The Kier molecular flexibility index (Phi) is 3.63. The highest BCUT2D eigenvalue weighted by molar-refractivity contribution is 5.92. The van der Waals surface area contributed by atoms with Gasteiger partial charge in [0, 0.05) is 0 Å². The smallest absolute Gasteiger partial charge is 0.339 e. The van der Waals surface area contributed by atoms with Crippen molar-refractivity contribution in [2.24, 2.45) is 0 Å². The molecule has 0 spiro atoms. The third-order valence-corrected chi connectivity index (χ3v) is 2.98. The van der Waals surface area contributed by atoms with Crippen LogP contribution in [0.1, 0.15) is 24.2 Å². The van der Waals surface area contributed by atoms with Gasteiger partial charge < -0.3 is 9.84 Å². The first-order chi connectivity index (χ1) is 8.65. The number of carbonyl (C=O) groups excluding carboxylic acids is 1. The summed E-state index contributed by atoms with van der Waals surface area (Å²) in [6, 6.07) is 11.4. The molecule has 0 saturated carbocycles. The van der Waals surface area contributed by atoms with E-state index in [4.69, 9.17) is 4.74 Å². The van der Waals surface area contributed by atoms with Crippen molar-refractivity contribution < 1.29 is 14.6 Å². The van der Waals surface area contributed by atoms with Crippen LogP contribution in [-0.2, 0) is 9.53 Å². The summed E-state index contributed by atoms with van der Waals surface area (Å²) in [6.07, 6.45) is -1.23. The molecule has 0 aliphatic carbocycles. The molecule has 0 unspecified atom stereocenters. The van der Waals surface area contributed by atoms with E-state index in [0.29, 0.717) is 5.56 Å². The number of fused-ring (bicyclic) bond motifs is 1. The Bertz CT molecular complexity index is 575. The van der Waals surface area contributed by atoms with Gasteiger partial charge in [0.1, 0.15) is 0 Å². The molecule has 1 N–H and O–H groups in total. The molecule has 18 heavy (non-hydrogen) atoms. The molecule has 1 atom stereocenters. The Morgan fingerprint density at radius 1 is 1.22 bits per heavy atom. The first kappa shape index (κ1) is 12.6. The van der Waals surface area contributed by atoms with Gasteiger partial charge in [-0.05, 0) is 35.7 Å². The maximum atomic E-state index is 11.6. The van der Waals surface area contributed by atoms with Crippen molar-refractivity contribution in [3.63, 3.8) is 0 Å².